The number of nitrogens with zero attached hydrogens (tertiary/aromatic N) is 2. The van der Waals surface area contributed by atoms with Crippen molar-refractivity contribution in [3.8, 4) is 0 Å². The Kier molecular flexibility index (Phi) is 0.898. The molecule has 1 heterocycles. The summed E-state index contributed by atoms with van der Waals surface area (Å²) in [6.45, 7) is 0. The molecule has 0 saturated carbocycles. The largest absolute Gasteiger partial charge is 0.384 e. The van der Waals surface area contributed by atoms with E-state index in [1.165, 1.54) is 6.33 Å². The monoisotopic (exact) mass is 96.0 g/mol. The van der Waals surface area contributed by atoms with E-state index in [2.05, 4.69) is 9.97 Å². The molecule has 0 aromatic carbocycles. The predicted octanol–water partition coefficient (Wildman–Crippen LogP) is 0.0588. The molecule has 0 spiro atoms. The van der Waals surface area contributed by atoms with Crippen LogP contribution in [0.2, 0.25) is 0 Å². The number of anilines is 1. The average Bonchev–Trinajstić information content (AvgIpc) is 1.69. The number of aromatic nitrogens is 2. The van der Waals surface area contributed by atoms with Crippen molar-refractivity contribution < 1.29 is 0 Å². The molecule has 0 aliphatic heterocycles. The maximum absolute atomic E-state index is 5.21. The van der Waals surface area contributed by atoms with Crippen LogP contribution in [0.25, 0.3) is 0 Å². The molecule has 1 aromatic heterocycles. The lowest BCUT2D eigenvalue weighted by atomic mass is 10.6. The van der Waals surface area contributed by atoms with Crippen LogP contribution < -0.4 is 5.73 Å². The van der Waals surface area contributed by atoms with Gasteiger partial charge in [0.1, 0.15) is 12.1 Å². The lowest BCUT2D eigenvalue weighted by Crippen LogP contribution is -1.87. The minimum atomic E-state index is 0.509. The molecule has 0 saturated heterocycles. The molecule has 2 N–H and O–H groups in total. The first-order valence-corrected chi connectivity index (χ1v) is 1.91. The van der Waals surface area contributed by atoms with Crippen molar-refractivity contribution in [2.45, 2.75) is 0 Å². The summed E-state index contributed by atoms with van der Waals surface area (Å²) in [6, 6.07) is 1.64. The summed E-state index contributed by atoms with van der Waals surface area (Å²) in [5.41, 5.74) is 5.21. The van der Waals surface area contributed by atoms with Gasteiger partial charge in [-0.1, -0.05) is 0 Å². The van der Waals surface area contributed by atoms with Crippen LogP contribution in [0.3, 0.4) is 0 Å². The smallest absolute Gasteiger partial charge is 0.126 e. The van der Waals surface area contributed by atoms with Crippen LogP contribution in [0.4, 0.5) is 5.82 Å². The van der Waals surface area contributed by atoms with Crippen molar-refractivity contribution >= 4 is 5.82 Å². The second kappa shape index (κ2) is 1.55. The first kappa shape index (κ1) is 4.05. The second-order valence-corrected chi connectivity index (χ2v) is 1.13. The number of hydrogen-bond donors (Lipinski definition) is 1. The van der Waals surface area contributed by atoms with Crippen molar-refractivity contribution in [3.63, 3.8) is 0 Å². The predicted molar refractivity (Wildman–Crippen MR) is 26.4 cm³/mol. The molecular weight excluding hydrogens is 91.1 g/mol. The van der Waals surface area contributed by atoms with Crippen molar-refractivity contribution in [2.24, 2.45) is 0 Å². The Morgan fingerprint density at radius 2 is 2.43 bits per heavy atom. The maximum atomic E-state index is 5.21. The van der Waals surface area contributed by atoms with Crippen molar-refractivity contribution in [3.05, 3.63) is 18.6 Å². The highest BCUT2D eigenvalue weighted by Crippen LogP contribution is 1.85. The van der Waals surface area contributed by atoms with Gasteiger partial charge in [0.05, 0.1) is 0 Å². The molecule has 1 aromatic rings. The van der Waals surface area contributed by atoms with Gasteiger partial charge in [-0.15, -0.1) is 0 Å². The molecule has 3 heteroatoms. The SMILES string of the molecule is [15NH2]c1ccncn1. The highest BCUT2D eigenvalue weighted by molar-refractivity contribution is 5.22. The lowest BCUT2D eigenvalue weighted by Gasteiger charge is -1.82. The lowest BCUT2D eigenvalue weighted by molar-refractivity contribution is 1.18. The summed E-state index contributed by atoms with van der Waals surface area (Å²) in [5, 5.41) is 0. The summed E-state index contributed by atoms with van der Waals surface area (Å²) in [7, 11) is 0. The fraction of sp³-hybridized carbons (Fsp3) is 0. The Morgan fingerprint density at radius 3 is 2.71 bits per heavy atom. The third-order valence-corrected chi connectivity index (χ3v) is 0.605. The Labute approximate surface area is 41.2 Å². The van der Waals surface area contributed by atoms with Gasteiger partial charge in [0, 0.05) is 6.20 Å². The minimum absolute atomic E-state index is 0.509. The minimum Gasteiger partial charge on any atom is -0.384 e. The maximum Gasteiger partial charge on any atom is 0.126 e. The van der Waals surface area contributed by atoms with E-state index in [-0.39, 0.29) is 0 Å². The zero-order chi connectivity index (χ0) is 5.11. The van der Waals surface area contributed by atoms with E-state index in [1.807, 2.05) is 0 Å². The van der Waals surface area contributed by atoms with E-state index < -0.39 is 0 Å². The topological polar surface area (TPSA) is 51.8 Å². The van der Waals surface area contributed by atoms with E-state index in [0.717, 1.165) is 0 Å². The molecule has 36 valence electrons. The molecule has 0 radical (unpaired) electrons. The quantitative estimate of drug-likeness (QED) is 0.464. The van der Waals surface area contributed by atoms with Gasteiger partial charge in [-0.25, -0.2) is 9.97 Å². The molecule has 0 aliphatic carbocycles. The number of nitrogen functional groups attached to an aromatic ring is 1. The summed E-state index contributed by atoms with van der Waals surface area (Å²) >= 11 is 0. The molecule has 3 nitrogen and oxygen atoms in total. The molecule has 7 heavy (non-hydrogen) atoms. The fourth-order valence-corrected chi connectivity index (χ4v) is 0.301. The van der Waals surface area contributed by atoms with Gasteiger partial charge in [-0.3, -0.25) is 0 Å². The van der Waals surface area contributed by atoms with E-state index in [4.69, 9.17) is 5.73 Å². The molecular formula is C4H5N3. The Balaban J connectivity index is 3.02. The molecule has 0 amide bonds. The van der Waals surface area contributed by atoms with Gasteiger partial charge in [0.2, 0.25) is 0 Å². The standard InChI is InChI=1S/C4H5N3/c5-4-1-2-6-3-7-4/h1-3H,(H2,5,6,7)/i5+1. The summed E-state index contributed by atoms with van der Waals surface area (Å²) in [4.78, 5) is 7.30. The summed E-state index contributed by atoms with van der Waals surface area (Å²) in [6.07, 6.45) is 3.01. The fourth-order valence-electron chi connectivity index (χ4n) is 0.301. The normalized spacial score (nSPS) is 8.57. The van der Waals surface area contributed by atoms with Gasteiger partial charge >= 0.3 is 0 Å². The van der Waals surface area contributed by atoms with E-state index in [1.54, 1.807) is 12.3 Å². The Hall–Kier alpha value is -1.12. The Morgan fingerprint density at radius 1 is 1.57 bits per heavy atom. The third kappa shape index (κ3) is 0.855. The van der Waals surface area contributed by atoms with E-state index in [0.29, 0.717) is 5.82 Å². The molecule has 0 aliphatic rings. The van der Waals surface area contributed by atoms with Gasteiger partial charge in [0.25, 0.3) is 0 Å². The van der Waals surface area contributed by atoms with Crippen molar-refractivity contribution in [1.82, 2.24) is 9.97 Å². The zero-order valence-corrected chi connectivity index (χ0v) is 3.70. The van der Waals surface area contributed by atoms with E-state index in [9.17, 15) is 0 Å². The van der Waals surface area contributed by atoms with Crippen LogP contribution in [0, 0.1) is 0 Å². The zero-order valence-electron chi connectivity index (χ0n) is 3.70. The summed E-state index contributed by atoms with van der Waals surface area (Å²) in [5.74, 6) is 0.509. The molecule has 0 bridgehead atoms. The number of nitrogens with two attached hydrogens (primary N) is 1. The van der Waals surface area contributed by atoms with Crippen LogP contribution in [-0.2, 0) is 0 Å². The molecule has 0 atom stereocenters. The van der Waals surface area contributed by atoms with Crippen molar-refractivity contribution in [1.29, 1.82) is 0 Å². The Bertz CT molecular complexity index is 137. The third-order valence-electron chi connectivity index (χ3n) is 0.605. The first-order valence-electron chi connectivity index (χ1n) is 1.91. The average molecular weight is 96.1 g/mol. The molecule has 1 rings (SSSR count). The first-order chi connectivity index (χ1) is 3.39. The van der Waals surface area contributed by atoms with Gasteiger partial charge in [-0.05, 0) is 6.07 Å². The van der Waals surface area contributed by atoms with Crippen LogP contribution in [0.1, 0.15) is 0 Å². The summed E-state index contributed by atoms with van der Waals surface area (Å²) < 4.78 is 0. The van der Waals surface area contributed by atoms with Crippen LogP contribution in [0.5, 0.6) is 0 Å². The highest BCUT2D eigenvalue weighted by atomic mass is 15.4. The van der Waals surface area contributed by atoms with Gasteiger partial charge < -0.3 is 5.73 Å². The number of rotatable bonds is 0. The van der Waals surface area contributed by atoms with Crippen LogP contribution in [0.15, 0.2) is 18.6 Å². The molecule has 0 unspecified atom stereocenters. The van der Waals surface area contributed by atoms with E-state index >= 15 is 0 Å². The second-order valence-electron chi connectivity index (χ2n) is 1.13. The van der Waals surface area contributed by atoms with Crippen LogP contribution >= 0.6 is 0 Å². The highest BCUT2D eigenvalue weighted by Gasteiger charge is 1.74. The van der Waals surface area contributed by atoms with Gasteiger partial charge in [-0.2, -0.15) is 0 Å². The van der Waals surface area contributed by atoms with Crippen LogP contribution in [-0.4, -0.2) is 9.97 Å². The van der Waals surface area contributed by atoms with Gasteiger partial charge in [0.15, 0.2) is 0 Å². The number of hydrogen-bond acceptors (Lipinski definition) is 3. The molecule has 0 fully saturated rings. The van der Waals surface area contributed by atoms with Crippen molar-refractivity contribution in [2.75, 3.05) is 5.73 Å².